The number of hydrogen-bond acceptors (Lipinski definition) is 12. The quantitative estimate of drug-likeness (QED) is 0.0148. The van der Waals surface area contributed by atoms with Crippen LogP contribution in [0, 0.1) is 0 Å². The minimum Gasteiger partial charge on any atom is -0.462 e. The lowest BCUT2D eigenvalue weighted by Gasteiger charge is -2.41. The van der Waals surface area contributed by atoms with Crippen molar-refractivity contribution in [3.63, 3.8) is 0 Å². The molecule has 6 N–H and O–H groups in total. The van der Waals surface area contributed by atoms with Gasteiger partial charge in [0, 0.05) is 12.8 Å². The van der Waals surface area contributed by atoms with Crippen LogP contribution in [-0.2, 0) is 32.7 Å². The lowest BCUT2D eigenvalue weighted by molar-refractivity contribution is -0.220. The zero-order valence-corrected chi connectivity index (χ0v) is 38.8. The normalized spacial score (nSPS) is 22.3. The number of esters is 2. The van der Waals surface area contributed by atoms with Crippen LogP contribution in [0.4, 0.5) is 0 Å². The number of phosphoric ester groups is 1. The van der Waals surface area contributed by atoms with Gasteiger partial charge in [-0.1, -0.05) is 157 Å². The number of ether oxygens (including phenoxy) is 2. The third-order valence-electron chi connectivity index (χ3n) is 10.4. The lowest BCUT2D eigenvalue weighted by atomic mass is 9.85. The number of allylic oxidation sites excluding steroid dienone is 13. The number of unbranched alkanes of at least 4 members (excludes halogenated alkanes) is 13. The van der Waals surface area contributed by atoms with E-state index >= 15 is 0 Å². The summed E-state index contributed by atoms with van der Waals surface area (Å²) < 4.78 is 33.5. The summed E-state index contributed by atoms with van der Waals surface area (Å²) in [6.45, 7) is 4.64. The number of aliphatic hydroxyl groups excluding tert-OH is 5. The summed E-state index contributed by atoms with van der Waals surface area (Å²) in [6.07, 6.45) is 35.4. The fourth-order valence-electron chi connectivity index (χ4n) is 6.65. The van der Waals surface area contributed by atoms with E-state index in [9.17, 15) is 44.6 Å². The first-order valence-electron chi connectivity index (χ1n) is 23.4. The average molecular weight is 909 g/mol. The maximum atomic E-state index is 12.8. The van der Waals surface area contributed by atoms with Gasteiger partial charge in [0.15, 0.2) is 6.10 Å². The van der Waals surface area contributed by atoms with Gasteiger partial charge in [0.2, 0.25) is 0 Å². The molecule has 0 aromatic heterocycles. The molecule has 1 fully saturated rings. The molecule has 0 amide bonds. The monoisotopic (exact) mass is 909 g/mol. The van der Waals surface area contributed by atoms with Crippen molar-refractivity contribution in [2.24, 2.45) is 0 Å². The number of aliphatic hydroxyl groups is 5. The molecule has 63 heavy (non-hydrogen) atoms. The zero-order chi connectivity index (χ0) is 46.4. The molecule has 0 saturated heterocycles. The molecular weight excluding hydrogens is 828 g/mol. The van der Waals surface area contributed by atoms with Crippen LogP contribution >= 0.6 is 7.82 Å². The van der Waals surface area contributed by atoms with Crippen molar-refractivity contribution in [2.45, 2.75) is 197 Å². The molecule has 14 heteroatoms. The Morgan fingerprint density at radius 2 is 0.952 bits per heavy atom. The van der Waals surface area contributed by atoms with E-state index in [0.717, 1.165) is 64.2 Å². The molecule has 0 aromatic carbocycles. The molecule has 1 aliphatic rings. The predicted octanol–water partition coefficient (Wildman–Crippen LogP) is 9.28. The highest BCUT2D eigenvalue weighted by Crippen LogP contribution is 2.47. The first kappa shape index (κ1) is 58.0. The lowest BCUT2D eigenvalue weighted by Crippen LogP contribution is -2.64. The van der Waals surface area contributed by atoms with Gasteiger partial charge < -0.3 is 39.9 Å². The smallest absolute Gasteiger partial charge is 0.462 e. The van der Waals surface area contributed by atoms with Crippen LogP contribution in [0.5, 0.6) is 0 Å². The van der Waals surface area contributed by atoms with Crippen LogP contribution in [0.3, 0.4) is 0 Å². The molecule has 0 aromatic rings. The Balaban J connectivity index is 2.50. The molecule has 13 nitrogen and oxygen atoms in total. The third kappa shape index (κ3) is 30.7. The summed E-state index contributed by atoms with van der Waals surface area (Å²) in [4.78, 5) is 35.7. The Kier molecular flexibility index (Phi) is 35.3. The standard InChI is InChI=1S/C49H81O13P/c1-3-5-7-9-11-13-15-17-19-20-21-22-24-25-27-29-31-33-35-37-42(50)59-39-41(40-60-63(57,58)62-49-47(55)45(53)44(52)46(54)48(49)56)61-43(51)38-36-34-32-30-28-26-23-18-16-14-12-10-8-6-4-2/h4-5,7,11,13,17,19,21-22,25,27,31,33,41,44-49,52-56H,2-3,6,8-10,12,14-16,18,20,23-24,26,28-30,32,34-40H2,1H3,(H,57,58)/b7-5+,13-11+,19-17+,22-21+,27-25+,33-31+/t41-,44?,45-,46?,47?,48?,49?/m0/s1. The fourth-order valence-corrected chi connectivity index (χ4v) is 7.62. The minimum absolute atomic E-state index is 0.0374. The highest BCUT2D eigenvalue weighted by atomic mass is 31.2. The fraction of sp³-hybridized carbons (Fsp3) is 0.673. The number of carbonyl (C=O) groups excluding carboxylic acids is 2. The molecule has 1 rings (SSSR count). The first-order valence-corrected chi connectivity index (χ1v) is 24.8. The van der Waals surface area contributed by atoms with Gasteiger partial charge in [-0.25, -0.2) is 4.57 Å². The largest absolute Gasteiger partial charge is 0.472 e. The Labute approximate surface area is 378 Å². The van der Waals surface area contributed by atoms with E-state index in [0.29, 0.717) is 19.3 Å². The molecule has 1 saturated carbocycles. The van der Waals surface area contributed by atoms with Gasteiger partial charge in [0.05, 0.1) is 6.61 Å². The van der Waals surface area contributed by atoms with E-state index in [-0.39, 0.29) is 12.8 Å². The van der Waals surface area contributed by atoms with Gasteiger partial charge in [0.25, 0.3) is 0 Å². The molecule has 0 bridgehead atoms. The van der Waals surface area contributed by atoms with Crippen molar-refractivity contribution in [3.8, 4) is 0 Å². The molecule has 0 aliphatic heterocycles. The van der Waals surface area contributed by atoms with Crippen LogP contribution in [0.15, 0.2) is 85.6 Å². The molecule has 0 heterocycles. The summed E-state index contributed by atoms with van der Waals surface area (Å²) in [5.74, 6) is -1.21. The highest BCUT2D eigenvalue weighted by molar-refractivity contribution is 7.47. The predicted molar refractivity (Wildman–Crippen MR) is 248 cm³/mol. The Morgan fingerprint density at radius 3 is 1.41 bits per heavy atom. The third-order valence-corrected chi connectivity index (χ3v) is 11.4. The van der Waals surface area contributed by atoms with E-state index in [2.05, 4.69) is 68.2 Å². The van der Waals surface area contributed by atoms with Crippen LogP contribution in [-0.4, -0.2) is 98.3 Å². The Hall–Kier alpha value is -2.97. The van der Waals surface area contributed by atoms with E-state index in [1.807, 2.05) is 24.3 Å². The number of phosphoric acid groups is 1. The van der Waals surface area contributed by atoms with Crippen molar-refractivity contribution in [1.29, 1.82) is 0 Å². The molecule has 0 radical (unpaired) electrons. The second kappa shape index (κ2) is 38.3. The van der Waals surface area contributed by atoms with E-state index in [1.165, 1.54) is 51.4 Å². The van der Waals surface area contributed by atoms with Crippen LogP contribution in [0.25, 0.3) is 0 Å². The van der Waals surface area contributed by atoms with Crippen LogP contribution in [0.2, 0.25) is 0 Å². The number of hydrogen-bond donors (Lipinski definition) is 6. The van der Waals surface area contributed by atoms with Crippen molar-refractivity contribution in [3.05, 3.63) is 85.6 Å². The van der Waals surface area contributed by atoms with Gasteiger partial charge in [-0.3, -0.25) is 18.6 Å². The van der Waals surface area contributed by atoms with E-state index < -0.39 is 75.7 Å². The molecule has 360 valence electrons. The zero-order valence-electron chi connectivity index (χ0n) is 37.9. The second-order valence-electron chi connectivity index (χ2n) is 16.0. The average Bonchev–Trinajstić information content (AvgIpc) is 3.26. The van der Waals surface area contributed by atoms with Crippen LogP contribution < -0.4 is 0 Å². The molecule has 0 spiro atoms. The summed E-state index contributed by atoms with van der Waals surface area (Å²) in [6, 6.07) is 0. The summed E-state index contributed by atoms with van der Waals surface area (Å²) in [7, 11) is -5.14. The molecule has 1 aliphatic carbocycles. The van der Waals surface area contributed by atoms with Gasteiger partial charge in [0.1, 0.15) is 43.2 Å². The maximum Gasteiger partial charge on any atom is 0.472 e. The first-order chi connectivity index (χ1) is 30.4. The second-order valence-corrected chi connectivity index (χ2v) is 17.4. The molecule has 8 atom stereocenters. The van der Waals surface area contributed by atoms with Gasteiger partial charge >= 0.3 is 19.8 Å². The maximum absolute atomic E-state index is 12.8. The Morgan fingerprint density at radius 1 is 0.540 bits per heavy atom. The van der Waals surface area contributed by atoms with Gasteiger partial charge in [-0.05, 0) is 64.2 Å². The van der Waals surface area contributed by atoms with Crippen LogP contribution in [0.1, 0.15) is 155 Å². The van der Waals surface area contributed by atoms with Crippen molar-refractivity contribution < 1.29 is 63.1 Å². The van der Waals surface area contributed by atoms with E-state index in [4.69, 9.17) is 18.5 Å². The molecular formula is C49H81O13P. The van der Waals surface area contributed by atoms with Crippen molar-refractivity contribution >= 4 is 19.8 Å². The molecule has 6 unspecified atom stereocenters. The topological polar surface area (TPSA) is 210 Å². The van der Waals surface area contributed by atoms with Gasteiger partial charge in [-0.2, -0.15) is 0 Å². The number of carbonyl (C=O) groups is 2. The number of rotatable bonds is 38. The minimum atomic E-state index is -5.14. The van der Waals surface area contributed by atoms with Gasteiger partial charge in [-0.15, -0.1) is 6.58 Å². The van der Waals surface area contributed by atoms with Crippen molar-refractivity contribution in [2.75, 3.05) is 13.2 Å². The summed E-state index contributed by atoms with van der Waals surface area (Å²) in [5, 5.41) is 50.2. The van der Waals surface area contributed by atoms with E-state index in [1.54, 1.807) is 0 Å². The SMILES string of the molecule is C=CCCCCCCCCCCCCCCCC(=O)O[C@@H](COC(=O)CC/C=C/C/C=C/C/C=C/C/C=C/C/C=C/C/C=C/CC)COP(=O)(O)OC1C(O)C(O)C(O)[C@H](O)C1O. The summed E-state index contributed by atoms with van der Waals surface area (Å²) in [5.41, 5.74) is 0. The summed E-state index contributed by atoms with van der Waals surface area (Å²) >= 11 is 0. The highest BCUT2D eigenvalue weighted by Gasteiger charge is 2.51. The van der Waals surface area contributed by atoms with Crippen molar-refractivity contribution in [1.82, 2.24) is 0 Å². The Bertz CT molecular complexity index is 1410.